The fourth-order valence-corrected chi connectivity index (χ4v) is 1.24. The Morgan fingerprint density at radius 3 is 2.69 bits per heavy atom. The van der Waals surface area contributed by atoms with Crippen LogP contribution in [0.3, 0.4) is 0 Å². The number of hydrogen-bond acceptors (Lipinski definition) is 4. The largest absolute Gasteiger partial charge is 0.409 e. The highest BCUT2D eigenvalue weighted by molar-refractivity contribution is 8.00. The Morgan fingerprint density at radius 2 is 2.31 bits per heavy atom. The third kappa shape index (κ3) is 2.03. The minimum atomic E-state index is -0.249. The summed E-state index contributed by atoms with van der Waals surface area (Å²) >= 11 is 1.61. The molecule has 0 saturated carbocycles. The molecule has 5 heteroatoms. The molecule has 0 bridgehead atoms. The van der Waals surface area contributed by atoms with Crippen molar-refractivity contribution in [2.75, 3.05) is 6.26 Å². The Kier molecular flexibility index (Phi) is 2.98. The summed E-state index contributed by atoms with van der Waals surface area (Å²) in [5.41, 5.74) is 0. The van der Waals surface area contributed by atoms with Crippen molar-refractivity contribution in [2.45, 2.75) is 18.6 Å². The Hall–Kier alpha value is -0.970. The molecule has 0 aliphatic rings. The van der Waals surface area contributed by atoms with Gasteiger partial charge in [-0.05, 0) is 26.2 Å². The lowest BCUT2D eigenvalue weighted by molar-refractivity contribution is 0.313. The van der Waals surface area contributed by atoms with Crippen molar-refractivity contribution in [3.63, 3.8) is 0 Å². The van der Waals surface area contributed by atoms with Crippen LogP contribution >= 0.6 is 11.8 Å². The number of hydrogen-bond donors (Lipinski definition) is 1. The third-order valence-corrected chi connectivity index (χ3v) is 3.07. The maximum Gasteiger partial charge on any atom is 0.184 e. The zero-order valence-corrected chi connectivity index (χ0v) is 8.75. The number of oxime groups is 1. The normalized spacial score (nSPS) is 13.3. The number of rotatable bonds is 2. The lowest BCUT2D eigenvalue weighted by Crippen LogP contribution is -2.34. The second kappa shape index (κ2) is 3.83. The highest BCUT2D eigenvalue weighted by atomic mass is 32.2. The molecular weight excluding hydrogens is 186 g/mol. The second-order valence-electron chi connectivity index (χ2n) is 3.09. The first-order valence-corrected chi connectivity index (χ1v) is 5.12. The van der Waals surface area contributed by atoms with E-state index in [1.807, 2.05) is 20.1 Å². The molecule has 0 aromatic carbocycles. The molecule has 1 rings (SSSR count). The maximum absolute atomic E-state index is 8.88. The first-order chi connectivity index (χ1) is 6.11. The van der Waals surface area contributed by atoms with Crippen LogP contribution in [0.25, 0.3) is 0 Å². The van der Waals surface area contributed by atoms with Gasteiger partial charge in [-0.1, -0.05) is 5.16 Å². The van der Waals surface area contributed by atoms with Crippen molar-refractivity contribution < 1.29 is 5.21 Å². The molecule has 0 saturated heterocycles. The van der Waals surface area contributed by atoms with E-state index in [4.69, 9.17) is 5.21 Å². The molecule has 0 fully saturated rings. The van der Waals surface area contributed by atoms with Gasteiger partial charge in [0.15, 0.2) is 5.84 Å². The molecule has 1 aromatic rings. The summed E-state index contributed by atoms with van der Waals surface area (Å²) in [5, 5.41) is 16.2. The highest BCUT2D eigenvalue weighted by Gasteiger charge is 2.26. The number of thioether (sulfide) groups is 1. The van der Waals surface area contributed by atoms with E-state index in [9.17, 15) is 0 Å². The van der Waals surface area contributed by atoms with Crippen LogP contribution in [0, 0.1) is 0 Å². The van der Waals surface area contributed by atoms with Crippen LogP contribution in [0.1, 0.15) is 13.8 Å². The second-order valence-corrected chi connectivity index (χ2v) is 4.52. The van der Waals surface area contributed by atoms with E-state index in [0.29, 0.717) is 5.84 Å². The predicted molar refractivity (Wildman–Crippen MR) is 54.4 cm³/mol. The van der Waals surface area contributed by atoms with Crippen LogP contribution in [0.4, 0.5) is 0 Å². The van der Waals surface area contributed by atoms with E-state index < -0.39 is 0 Å². The molecule has 1 aromatic heterocycles. The first kappa shape index (κ1) is 10.1. The smallest absolute Gasteiger partial charge is 0.184 e. The molecule has 0 unspecified atom stereocenters. The summed E-state index contributed by atoms with van der Waals surface area (Å²) in [6.45, 7) is 3.96. The van der Waals surface area contributed by atoms with Gasteiger partial charge in [-0.2, -0.15) is 16.9 Å². The van der Waals surface area contributed by atoms with Crippen molar-refractivity contribution in [1.82, 2.24) is 9.78 Å². The molecule has 0 spiro atoms. The average Bonchev–Trinajstić information content (AvgIpc) is 2.58. The van der Waals surface area contributed by atoms with Gasteiger partial charge < -0.3 is 5.21 Å². The van der Waals surface area contributed by atoms with E-state index in [1.165, 1.54) is 0 Å². The molecule has 0 radical (unpaired) electrons. The SMILES string of the molecule is CSC(C)(C)/C(=N/O)n1cccn1. The molecule has 72 valence electrons. The quantitative estimate of drug-likeness (QED) is 0.341. The van der Waals surface area contributed by atoms with Crippen molar-refractivity contribution in [3.8, 4) is 0 Å². The molecule has 13 heavy (non-hydrogen) atoms. The lowest BCUT2D eigenvalue weighted by atomic mass is 10.2. The molecule has 0 atom stereocenters. The topological polar surface area (TPSA) is 50.4 Å². The lowest BCUT2D eigenvalue weighted by Gasteiger charge is -2.22. The molecule has 4 nitrogen and oxygen atoms in total. The zero-order chi connectivity index (χ0) is 9.90. The van der Waals surface area contributed by atoms with E-state index in [0.717, 1.165) is 0 Å². The van der Waals surface area contributed by atoms with Crippen molar-refractivity contribution in [3.05, 3.63) is 18.5 Å². The van der Waals surface area contributed by atoms with E-state index >= 15 is 0 Å². The Labute approximate surface area is 81.6 Å². The van der Waals surface area contributed by atoms with Gasteiger partial charge in [0.1, 0.15) is 0 Å². The van der Waals surface area contributed by atoms with Crippen LogP contribution in [0.5, 0.6) is 0 Å². The number of nitrogens with zero attached hydrogens (tertiary/aromatic N) is 3. The Balaban J connectivity index is 3.01. The van der Waals surface area contributed by atoms with Crippen LogP contribution in [0.2, 0.25) is 0 Å². The fraction of sp³-hybridized carbons (Fsp3) is 0.500. The summed E-state index contributed by atoms with van der Waals surface area (Å²) in [7, 11) is 0. The van der Waals surface area contributed by atoms with Gasteiger partial charge in [0.25, 0.3) is 0 Å². The van der Waals surface area contributed by atoms with Gasteiger partial charge in [0.2, 0.25) is 0 Å². The molecular formula is C8H13N3OS. The third-order valence-electron chi connectivity index (χ3n) is 1.86. The summed E-state index contributed by atoms with van der Waals surface area (Å²) < 4.78 is 1.32. The van der Waals surface area contributed by atoms with Gasteiger partial charge in [-0.3, -0.25) is 0 Å². The van der Waals surface area contributed by atoms with Gasteiger partial charge in [-0.15, -0.1) is 0 Å². The van der Waals surface area contributed by atoms with Gasteiger partial charge in [0, 0.05) is 12.4 Å². The average molecular weight is 199 g/mol. The van der Waals surface area contributed by atoms with E-state index in [2.05, 4.69) is 10.3 Å². The molecule has 0 amide bonds. The zero-order valence-electron chi connectivity index (χ0n) is 7.93. The van der Waals surface area contributed by atoms with Crippen LogP contribution in [-0.2, 0) is 0 Å². The van der Waals surface area contributed by atoms with Gasteiger partial charge in [0.05, 0.1) is 4.75 Å². The standard InChI is InChI=1S/C8H13N3OS/c1-8(2,13-3)7(10-12)11-6-4-5-9-11/h4-6,12H,1-3H3/b10-7-. The molecule has 0 aliphatic carbocycles. The maximum atomic E-state index is 8.88. The van der Waals surface area contributed by atoms with E-state index in [-0.39, 0.29) is 4.75 Å². The van der Waals surface area contributed by atoms with Crippen molar-refractivity contribution in [1.29, 1.82) is 0 Å². The van der Waals surface area contributed by atoms with Crippen molar-refractivity contribution >= 4 is 17.6 Å². The predicted octanol–water partition coefficient (Wildman–Crippen LogP) is 1.66. The summed E-state index contributed by atoms with van der Waals surface area (Å²) in [6, 6.07) is 1.79. The summed E-state index contributed by atoms with van der Waals surface area (Å²) in [6.07, 6.45) is 5.38. The van der Waals surface area contributed by atoms with Crippen LogP contribution in [0.15, 0.2) is 23.6 Å². The van der Waals surface area contributed by atoms with Crippen LogP contribution < -0.4 is 0 Å². The molecule has 1 heterocycles. The highest BCUT2D eigenvalue weighted by Crippen LogP contribution is 2.23. The Morgan fingerprint density at radius 1 is 1.62 bits per heavy atom. The van der Waals surface area contributed by atoms with Crippen molar-refractivity contribution in [2.24, 2.45) is 5.16 Å². The summed E-state index contributed by atoms with van der Waals surface area (Å²) in [5.74, 6) is 0.532. The van der Waals surface area contributed by atoms with Gasteiger partial charge in [-0.25, -0.2) is 4.68 Å². The monoisotopic (exact) mass is 199 g/mol. The molecule has 1 N–H and O–H groups in total. The number of aromatic nitrogens is 2. The molecule has 0 aliphatic heterocycles. The summed E-state index contributed by atoms with van der Waals surface area (Å²) in [4.78, 5) is 0. The fourth-order valence-electron chi connectivity index (χ4n) is 0.927. The van der Waals surface area contributed by atoms with Gasteiger partial charge >= 0.3 is 0 Å². The first-order valence-electron chi connectivity index (χ1n) is 3.89. The van der Waals surface area contributed by atoms with Crippen LogP contribution in [-0.4, -0.2) is 31.8 Å². The Bertz CT molecular complexity index is 292. The minimum absolute atomic E-state index is 0.249. The minimum Gasteiger partial charge on any atom is -0.409 e. The van der Waals surface area contributed by atoms with E-state index in [1.54, 1.807) is 34.9 Å².